The van der Waals surface area contributed by atoms with Crippen LogP contribution in [0.25, 0.3) is 0 Å². The van der Waals surface area contributed by atoms with Crippen molar-refractivity contribution >= 4 is 28.8 Å². The molecule has 0 aliphatic carbocycles. The minimum absolute atomic E-state index is 0.0505. The summed E-state index contributed by atoms with van der Waals surface area (Å²) in [5.74, 6) is -0.0505. The fraction of sp³-hybridized carbons (Fsp3) is 0.500. The molecule has 0 radical (unpaired) electrons. The Hall–Kier alpha value is -0.650. The summed E-state index contributed by atoms with van der Waals surface area (Å²) in [5.41, 5.74) is 7.29. The van der Waals surface area contributed by atoms with Crippen LogP contribution in [-0.2, 0) is 0 Å². The van der Waals surface area contributed by atoms with Crippen LogP contribution in [0.4, 0.5) is 0 Å². The number of hydrogen-bond acceptors (Lipinski definition) is 4. The highest BCUT2D eigenvalue weighted by molar-refractivity contribution is 7.12. The van der Waals surface area contributed by atoms with Gasteiger partial charge in [0.05, 0.1) is 5.51 Å². The van der Waals surface area contributed by atoms with Gasteiger partial charge in [0.25, 0.3) is 5.91 Å². The van der Waals surface area contributed by atoms with Crippen LogP contribution in [0.3, 0.4) is 0 Å². The van der Waals surface area contributed by atoms with Gasteiger partial charge >= 0.3 is 0 Å². The third-order valence-corrected chi connectivity index (χ3v) is 3.44. The van der Waals surface area contributed by atoms with E-state index in [-0.39, 0.29) is 11.9 Å². The highest BCUT2D eigenvalue weighted by atomic mass is 35.5. The zero-order chi connectivity index (χ0) is 10.1. The second-order valence-corrected chi connectivity index (χ2v) is 4.48. The van der Waals surface area contributed by atoms with Gasteiger partial charge in [0, 0.05) is 19.1 Å². The molecule has 1 fully saturated rings. The topological polar surface area (TPSA) is 59.2 Å². The average Bonchev–Trinajstić information content (AvgIpc) is 2.73. The number of nitrogens with zero attached hydrogens (tertiary/aromatic N) is 2. The predicted molar refractivity (Wildman–Crippen MR) is 55.6 cm³/mol. The molecule has 2 heterocycles. The molecule has 1 aromatic heterocycles. The van der Waals surface area contributed by atoms with Crippen LogP contribution >= 0.6 is 22.9 Å². The van der Waals surface area contributed by atoms with Gasteiger partial charge in [-0.3, -0.25) is 4.79 Å². The molecule has 1 unspecified atom stereocenters. The third kappa shape index (κ3) is 1.75. The molecule has 1 aromatic rings. The molecule has 0 saturated carbocycles. The van der Waals surface area contributed by atoms with Gasteiger partial charge in [-0.15, -0.1) is 11.3 Å². The summed E-state index contributed by atoms with van der Waals surface area (Å²) in [6, 6.07) is 0.102. The van der Waals surface area contributed by atoms with E-state index in [9.17, 15) is 4.79 Å². The average molecular weight is 232 g/mol. The van der Waals surface area contributed by atoms with E-state index in [1.54, 1.807) is 10.4 Å². The van der Waals surface area contributed by atoms with Gasteiger partial charge in [-0.25, -0.2) is 4.98 Å². The zero-order valence-electron chi connectivity index (χ0n) is 7.44. The number of amides is 1. The van der Waals surface area contributed by atoms with Crippen molar-refractivity contribution in [1.82, 2.24) is 9.88 Å². The SMILES string of the molecule is NC1CCN(C(=O)c2scnc2Cl)C1. The lowest BCUT2D eigenvalue weighted by molar-refractivity contribution is 0.0795. The lowest BCUT2D eigenvalue weighted by atomic mass is 10.3. The molecule has 1 aliphatic rings. The van der Waals surface area contributed by atoms with Crippen molar-refractivity contribution < 1.29 is 4.79 Å². The molecule has 76 valence electrons. The molecule has 4 nitrogen and oxygen atoms in total. The van der Waals surface area contributed by atoms with Crippen LogP contribution in [0.2, 0.25) is 5.15 Å². The second-order valence-electron chi connectivity index (χ2n) is 3.27. The Labute approximate surface area is 90.7 Å². The lowest BCUT2D eigenvalue weighted by Crippen LogP contribution is -2.31. The first kappa shape index (κ1) is 9.89. The van der Waals surface area contributed by atoms with E-state index in [4.69, 9.17) is 17.3 Å². The van der Waals surface area contributed by atoms with Crippen LogP contribution in [0.5, 0.6) is 0 Å². The van der Waals surface area contributed by atoms with Crippen molar-refractivity contribution in [1.29, 1.82) is 0 Å². The quantitative estimate of drug-likeness (QED) is 0.784. The molecule has 0 spiro atoms. The van der Waals surface area contributed by atoms with Crippen molar-refractivity contribution in [3.8, 4) is 0 Å². The molecule has 0 bridgehead atoms. The molecule has 2 rings (SSSR count). The zero-order valence-corrected chi connectivity index (χ0v) is 9.01. The normalized spacial score (nSPS) is 21.6. The van der Waals surface area contributed by atoms with Crippen molar-refractivity contribution in [3.63, 3.8) is 0 Å². The van der Waals surface area contributed by atoms with Gasteiger partial charge in [0.2, 0.25) is 0 Å². The fourth-order valence-electron chi connectivity index (χ4n) is 1.49. The maximum Gasteiger partial charge on any atom is 0.267 e. The van der Waals surface area contributed by atoms with Crippen LogP contribution in [0.15, 0.2) is 5.51 Å². The Morgan fingerprint density at radius 1 is 1.79 bits per heavy atom. The third-order valence-electron chi connectivity index (χ3n) is 2.23. The summed E-state index contributed by atoms with van der Waals surface area (Å²) in [7, 11) is 0. The van der Waals surface area contributed by atoms with Gasteiger partial charge in [-0.1, -0.05) is 11.6 Å². The smallest absolute Gasteiger partial charge is 0.267 e. The summed E-state index contributed by atoms with van der Waals surface area (Å²) < 4.78 is 0. The number of thiazole rings is 1. The summed E-state index contributed by atoms with van der Waals surface area (Å²) in [5, 5.41) is 0.292. The van der Waals surface area contributed by atoms with Crippen LogP contribution < -0.4 is 5.73 Å². The van der Waals surface area contributed by atoms with E-state index in [1.807, 2.05) is 0 Å². The standard InChI is InChI=1S/C8H10ClN3OS/c9-7-6(14-4-11-7)8(13)12-2-1-5(10)3-12/h4-5H,1-3,10H2. The molecule has 1 saturated heterocycles. The van der Waals surface area contributed by atoms with E-state index in [0.717, 1.165) is 6.42 Å². The molecule has 1 amide bonds. The van der Waals surface area contributed by atoms with Crippen molar-refractivity contribution in [3.05, 3.63) is 15.5 Å². The number of rotatable bonds is 1. The van der Waals surface area contributed by atoms with E-state index in [1.165, 1.54) is 11.3 Å². The number of carbonyl (C=O) groups is 1. The lowest BCUT2D eigenvalue weighted by Gasteiger charge is -2.14. The Morgan fingerprint density at radius 2 is 2.57 bits per heavy atom. The van der Waals surface area contributed by atoms with E-state index >= 15 is 0 Å². The monoisotopic (exact) mass is 231 g/mol. The minimum atomic E-state index is -0.0505. The largest absolute Gasteiger partial charge is 0.336 e. The Morgan fingerprint density at radius 3 is 3.07 bits per heavy atom. The minimum Gasteiger partial charge on any atom is -0.336 e. The van der Waals surface area contributed by atoms with Gasteiger partial charge < -0.3 is 10.6 Å². The van der Waals surface area contributed by atoms with Crippen molar-refractivity contribution in [2.75, 3.05) is 13.1 Å². The summed E-state index contributed by atoms with van der Waals surface area (Å²) in [4.78, 5) is 17.9. The highest BCUT2D eigenvalue weighted by Gasteiger charge is 2.26. The summed E-state index contributed by atoms with van der Waals surface area (Å²) in [6.45, 7) is 1.33. The molecular formula is C8H10ClN3OS. The number of carbonyl (C=O) groups excluding carboxylic acids is 1. The number of halogens is 1. The highest BCUT2D eigenvalue weighted by Crippen LogP contribution is 2.22. The summed E-state index contributed by atoms with van der Waals surface area (Å²) in [6.07, 6.45) is 0.863. The molecule has 2 N–H and O–H groups in total. The van der Waals surface area contributed by atoms with Gasteiger partial charge in [0.15, 0.2) is 5.15 Å². The molecule has 0 aromatic carbocycles. The van der Waals surface area contributed by atoms with Crippen LogP contribution in [0.1, 0.15) is 16.1 Å². The molecule has 14 heavy (non-hydrogen) atoms. The van der Waals surface area contributed by atoms with Crippen LogP contribution in [0, 0.1) is 0 Å². The second kappa shape index (κ2) is 3.84. The number of likely N-dealkylation sites (tertiary alicyclic amines) is 1. The molecule has 6 heteroatoms. The van der Waals surface area contributed by atoms with E-state index in [0.29, 0.717) is 23.1 Å². The maximum atomic E-state index is 11.8. The number of aromatic nitrogens is 1. The number of nitrogens with two attached hydrogens (primary N) is 1. The van der Waals surface area contributed by atoms with Gasteiger partial charge in [0.1, 0.15) is 4.88 Å². The van der Waals surface area contributed by atoms with E-state index in [2.05, 4.69) is 4.98 Å². The number of hydrogen-bond donors (Lipinski definition) is 1. The first-order valence-electron chi connectivity index (χ1n) is 4.32. The summed E-state index contributed by atoms with van der Waals surface area (Å²) >= 11 is 7.04. The van der Waals surface area contributed by atoms with Crippen molar-refractivity contribution in [2.24, 2.45) is 5.73 Å². The molecule has 1 aliphatic heterocycles. The maximum absolute atomic E-state index is 11.8. The van der Waals surface area contributed by atoms with Gasteiger partial charge in [-0.05, 0) is 6.42 Å². The first-order valence-corrected chi connectivity index (χ1v) is 5.58. The Balaban J connectivity index is 2.13. The molecular weight excluding hydrogens is 222 g/mol. The first-order chi connectivity index (χ1) is 6.68. The van der Waals surface area contributed by atoms with Crippen LogP contribution in [-0.4, -0.2) is 34.9 Å². The Bertz CT molecular complexity index is 354. The van der Waals surface area contributed by atoms with Crippen molar-refractivity contribution in [2.45, 2.75) is 12.5 Å². The van der Waals surface area contributed by atoms with E-state index < -0.39 is 0 Å². The fourth-order valence-corrected chi connectivity index (χ4v) is 2.45. The molecule has 1 atom stereocenters. The Kier molecular flexibility index (Phi) is 2.71. The van der Waals surface area contributed by atoms with Gasteiger partial charge in [-0.2, -0.15) is 0 Å². The predicted octanol–water partition coefficient (Wildman–Crippen LogP) is 0.970.